The van der Waals surface area contributed by atoms with Crippen molar-refractivity contribution in [3.05, 3.63) is 0 Å². The maximum Gasteiger partial charge on any atom is 0.241 e. The van der Waals surface area contributed by atoms with Gasteiger partial charge in [-0.05, 0) is 12.3 Å². The van der Waals surface area contributed by atoms with Gasteiger partial charge in [0.1, 0.15) is 6.73 Å². The average Bonchev–Trinajstić information content (AvgIpc) is 2.38. The normalized spacial score (nSPS) is 12.3. The molecule has 0 aliphatic carbocycles. The minimum absolute atomic E-state index is 0.0463. The van der Waals surface area contributed by atoms with Crippen LogP contribution in [0.3, 0.4) is 0 Å². The van der Waals surface area contributed by atoms with Gasteiger partial charge in [-0.2, -0.15) is 0 Å². The van der Waals surface area contributed by atoms with E-state index in [1.807, 2.05) is 13.8 Å². The molecule has 0 saturated carbocycles. The lowest BCUT2D eigenvalue weighted by Crippen LogP contribution is -2.47. The van der Waals surface area contributed by atoms with Crippen LogP contribution in [-0.4, -0.2) is 37.7 Å². The zero-order chi connectivity index (χ0) is 14.7. The highest BCUT2D eigenvalue weighted by Gasteiger charge is 2.17. The number of carbonyl (C=O) groups is 2. The van der Waals surface area contributed by atoms with Crippen LogP contribution in [0.1, 0.15) is 40.0 Å². The predicted molar refractivity (Wildman–Crippen MR) is 74.3 cm³/mol. The van der Waals surface area contributed by atoms with E-state index >= 15 is 0 Å². The lowest BCUT2D eigenvalue weighted by atomic mass is 10.1. The molecule has 0 aliphatic rings. The Hall–Kier alpha value is -1.14. The smallest absolute Gasteiger partial charge is 0.241 e. The van der Waals surface area contributed by atoms with Gasteiger partial charge < -0.3 is 21.1 Å². The minimum atomic E-state index is -0.585. The maximum atomic E-state index is 11.5. The first-order chi connectivity index (χ1) is 8.99. The Kier molecular flexibility index (Phi) is 10.1. The molecule has 0 aliphatic heterocycles. The van der Waals surface area contributed by atoms with Gasteiger partial charge in [-0.3, -0.25) is 9.59 Å². The lowest BCUT2D eigenvalue weighted by molar-refractivity contribution is -0.128. The van der Waals surface area contributed by atoms with Gasteiger partial charge in [-0.1, -0.05) is 33.6 Å². The highest BCUT2D eigenvalue weighted by Crippen LogP contribution is 1.97. The molecular formula is C13H27N3O3. The third-order valence-corrected chi connectivity index (χ3v) is 2.71. The van der Waals surface area contributed by atoms with E-state index in [4.69, 9.17) is 10.5 Å². The highest BCUT2D eigenvalue weighted by molar-refractivity contribution is 5.87. The summed E-state index contributed by atoms with van der Waals surface area (Å²) in [6, 6.07) is -0.585. The van der Waals surface area contributed by atoms with Gasteiger partial charge in [0.2, 0.25) is 11.8 Å². The van der Waals surface area contributed by atoms with Crippen LogP contribution < -0.4 is 16.4 Å². The molecule has 0 aromatic heterocycles. The Morgan fingerprint density at radius 1 is 1.21 bits per heavy atom. The first-order valence-corrected chi connectivity index (χ1v) is 6.86. The first kappa shape index (κ1) is 17.9. The topological polar surface area (TPSA) is 93.5 Å². The van der Waals surface area contributed by atoms with Crippen molar-refractivity contribution in [1.29, 1.82) is 0 Å². The highest BCUT2D eigenvalue weighted by atomic mass is 16.5. The molecule has 0 fully saturated rings. The second kappa shape index (κ2) is 10.8. The number of rotatable bonds is 10. The molecule has 1 atom stereocenters. The van der Waals surface area contributed by atoms with Crippen LogP contribution in [0, 0.1) is 5.92 Å². The summed E-state index contributed by atoms with van der Waals surface area (Å²) >= 11 is 0. The summed E-state index contributed by atoms with van der Waals surface area (Å²) in [5.74, 6) is -0.543. The van der Waals surface area contributed by atoms with E-state index in [1.165, 1.54) is 0 Å². The van der Waals surface area contributed by atoms with Crippen LogP contribution in [-0.2, 0) is 14.3 Å². The van der Waals surface area contributed by atoms with Gasteiger partial charge in [-0.25, -0.2) is 0 Å². The molecule has 4 N–H and O–H groups in total. The van der Waals surface area contributed by atoms with Crippen LogP contribution in [0.25, 0.3) is 0 Å². The van der Waals surface area contributed by atoms with E-state index < -0.39 is 6.04 Å². The van der Waals surface area contributed by atoms with Crippen molar-refractivity contribution in [2.24, 2.45) is 11.7 Å². The number of hydrogen-bond donors (Lipinski definition) is 3. The molecule has 112 valence electrons. The van der Waals surface area contributed by atoms with Crippen molar-refractivity contribution < 1.29 is 14.3 Å². The molecule has 0 bridgehead atoms. The number of carbonyl (C=O) groups excluding carboxylic acids is 2. The van der Waals surface area contributed by atoms with Gasteiger partial charge in [0.05, 0.1) is 12.6 Å². The van der Waals surface area contributed by atoms with Crippen molar-refractivity contribution >= 4 is 11.8 Å². The molecule has 0 heterocycles. The van der Waals surface area contributed by atoms with E-state index in [0.717, 1.165) is 19.3 Å². The van der Waals surface area contributed by atoms with Gasteiger partial charge >= 0.3 is 0 Å². The third kappa shape index (κ3) is 9.44. The molecule has 0 aromatic carbocycles. The maximum absolute atomic E-state index is 11.5. The molecule has 0 saturated heterocycles. The second-order valence-electron chi connectivity index (χ2n) is 4.85. The number of ether oxygens (including phenoxy) is 1. The van der Waals surface area contributed by atoms with Crippen LogP contribution in [0.5, 0.6) is 0 Å². The van der Waals surface area contributed by atoms with E-state index in [0.29, 0.717) is 6.61 Å². The van der Waals surface area contributed by atoms with Gasteiger partial charge in [0, 0.05) is 6.61 Å². The minimum Gasteiger partial charge on any atom is -0.361 e. The zero-order valence-electron chi connectivity index (χ0n) is 12.2. The standard InChI is InChI=1S/C13H27N3O3/c1-4-5-6-7-19-9-16-11(17)8-15-13(18)12(14)10(2)3/h10,12H,4-9,14H2,1-3H3,(H,15,18)(H,16,17). The Labute approximate surface area is 115 Å². The number of nitrogens with two attached hydrogens (primary N) is 1. The van der Waals surface area contributed by atoms with Crippen LogP contribution in [0.4, 0.5) is 0 Å². The average molecular weight is 273 g/mol. The van der Waals surface area contributed by atoms with Crippen molar-refractivity contribution in [3.8, 4) is 0 Å². The summed E-state index contributed by atoms with van der Waals surface area (Å²) in [4.78, 5) is 22.9. The summed E-state index contributed by atoms with van der Waals surface area (Å²) in [5.41, 5.74) is 5.65. The molecule has 6 heteroatoms. The van der Waals surface area contributed by atoms with Crippen LogP contribution in [0.15, 0.2) is 0 Å². The molecule has 6 nitrogen and oxygen atoms in total. The number of amides is 2. The van der Waals surface area contributed by atoms with Gasteiger partial charge in [-0.15, -0.1) is 0 Å². The van der Waals surface area contributed by atoms with Crippen molar-refractivity contribution in [2.45, 2.75) is 46.1 Å². The van der Waals surface area contributed by atoms with E-state index in [9.17, 15) is 9.59 Å². The molecule has 0 aromatic rings. The van der Waals surface area contributed by atoms with Crippen molar-refractivity contribution in [1.82, 2.24) is 10.6 Å². The Bertz CT molecular complexity index is 270. The summed E-state index contributed by atoms with van der Waals surface area (Å²) in [6.45, 7) is 6.57. The molecule has 1 unspecified atom stereocenters. The molecule has 0 spiro atoms. The largest absolute Gasteiger partial charge is 0.361 e. The Morgan fingerprint density at radius 2 is 1.89 bits per heavy atom. The third-order valence-electron chi connectivity index (χ3n) is 2.71. The fourth-order valence-electron chi connectivity index (χ4n) is 1.31. The SMILES string of the molecule is CCCCCOCNC(=O)CNC(=O)C(N)C(C)C. The van der Waals surface area contributed by atoms with E-state index in [1.54, 1.807) is 0 Å². The van der Waals surface area contributed by atoms with E-state index in [-0.39, 0.29) is 31.0 Å². The molecule has 19 heavy (non-hydrogen) atoms. The molecule has 2 amide bonds. The lowest BCUT2D eigenvalue weighted by Gasteiger charge is -2.15. The summed E-state index contributed by atoms with van der Waals surface area (Å²) in [7, 11) is 0. The first-order valence-electron chi connectivity index (χ1n) is 6.86. The fourth-order valence-corrected chi connectivity index (χ4v) is 1.31. The second-order valence-corrected chi connectivity index (χ2v) is 4.85. The van der Waals surface area contributed by atoms with Crippen molar-refractivity contribution in [2.75, 3.05) is 19.9 Å². The fraction of sp³-hybridized carbons (Fsp3) is 0.846. The molecule has 0 radical (unpaired) electrons. The number of hydrogen-bond acceptors (Lipinski definition) is 4. The summed E-state index contributed by atoms with van der Waals surface area (Å²) < 4.78 is 5.23. The summed E-state index contributed by atoms with van der Waals surface area (Å²) in [5, 5.41) is 5.06. The monoisotopic (exact) mass is 273 g/mol. The van der Waals surface area contributed by atoms with Crippen LogP contribution >= 0.6 is 0 Å². The van der Waals surface area contributed by atoms with Crippen molar-refractivity contribution in [3.63, 3.8) is 0 Å². The molecule has 0 rings (SSSR count). The van der Waals surface area contributed by atoms with Gasteiger partial charge in [0.15, 0.2) is 0 Å². The number of unbranched alkanes of at least 4 members (excludes halogenated alkanes) is 2. The molecular weight excluding hydrogens is 246 g/mol. The van der Waals surface area contributed by atoms with E-state index in [2.05, 4.69) is 17.6 Å². The van der Waals surface area contributed by atoms with Crippen LogP contribution in [0.2, 0.25) is 0 Å². The Balaban J connectivity index is 3.57. The van der Waals surface area contributed by atoms with Gasteiger partial charge in [0.25, 0.3) is 0 Å². The quantitative estimate of drug-likeness (QED) is 0.396. The number of nitrogens with one attached hydrogen (secondary N) is 2. The summed E-state index contributed by atoms with van der Waals surface area (Å²) in [6.07, 6.45) is 3.25. The predicted octanol–water partition coefficient (Wildman–Crippen LogP) is 0.366. The Morgan fingerprint density at radius 3 is 2.47 bits per heavy atom. The zero-order valence-corrected chi connectivity index (χ0v) is 12.2.